The molecule has 0 saturated heterocycles. The number of halogens is 2. The van der Waals surface area contributed by atoms with E-state index >= 15 is 0 Å². The summed E-state index contributed by atoms with van der Waals surface area (Å²) < 4.78 is 28.1. The molecular formula is C13H18F2N2O2. The van der Waals surface area contributed by atoms with Gasteiger partial charge in [-0.05, 0) is 31.5 Å². The van der Waals surface area contributed by atoms with Gasteiger partial charge in [0, 0.05) is 12.6 Å². The second kappa shape index (κ2) is 7.68. The minimum absolute atomic E-state index is 0.0762. The van der Waals surface area contributed by atoms with Crippen molar-refractivity contribution < 1.29 is 18.3 Å². The zero-order valence-corrected chi connectivity index (χ0v) is 11.0. The molecule has 0 heterocycles. The van der Waals surface area contributed by atoms with Crippen LogP contribution in [-0.2, 0) is 11.3 Å². The van der Waals surface area contributed by atoms with Gasteiger partial charge in [-0.1, -0.05) is 12.1 Å². The van der Waals surface area contributed by atoms with Crippen molar-refractivity contribution in [3.8, 4) is 5.75 Å². The van der Waals surface area contributed by atoms with E-state index in [9.17, 15) is 13.6 Å². The fraction of sp³-hybridized carbons (Fsp3) is 0.462. The van der Waals surface area contributed by atoms with Gasteiger partial charge in [0.25, 0.3) is 0 Å². The van der Waals surface area contributed by atoms with Gasteiger partial charge in [-0.2, -0.15) is 8.78 Å². The summed E-state index contributed by atoms with van der Waals surface area (Å²) in [5.74, 6) is 0.0453. The van der Waals surface area contributed by atoms with Gasteiger partial charge in [0.15, 0.2) is 0 Å². The molecular weight excluding hydrogens is 254 g/mol. The fourth-order valence-corrected chi connectivity index (χ4v) is 1.48. The van der Waals surface area contributed by atoms with E-state index in [1.165, 1.54) is 12.1 Å². The van der Waals surface area contributed by atoms with Gasteiger partial charge >= 0.3 is 6.61 Å². The third-order valence-electron chi connectivity index (χ3n) is 2.21. The van der Waals surface area contributed by atoms with Crippen LogP contribution in [0.25, 0.3) is 0 Å². The van der Waals surface area contributed by atoms with Crippen molar-refractivity contribution in [1.82, 2.24) is 10.6 Å². The Hall–Kier alpha value is -1.69. The Morgan fingerprint density at radius 2 is 1.89 bits per heavy atom. The zero-order chi connectivity index (χ0) is 14.3. The third-order valence-corrected chi connectivity index (χ3v) is 2.21. The van der Waals surface area contributed by atoms with Gasteiger partial charge in [0.2, 0.25) is 5.91 Å². The first kappa shape index (κ1) is 15.4. The van der Waals surface area contributed by atoms with E-state index in [0.717, 1.165) is 5.56 Å². The zero-order valence-electron chi connectivity index (χ0n) is 11.0. The number of nitrogens with one attached hydrogen (secondary N) is 2. The molecule has 0 unspecified atom stereocenters. The number of carbonyl (C=O) groups is 1. The first-order chi connectivity index (χ1) is 8.97. The number of carbonyl (C=O) groups excluding carboxylic acids is 1. The Kier molecular flexibility index (Phi) is 6.21. The number of hydrogen-bond donors (Lipinski definition) is 2. The molecule has 0 bridgehead atoms. The predicted octanol–water partition coefficient (Wildman–Crippen LogP) is 1.90. The van der Waals surface area contributed by atoms with E-state index in [4.69, 9.17) is 0 Å². The Morgan fingerprint density at radius 1 is 1.26 bits per heavy atom. The van der Waals surface area contributed by atoms with Crippen LogP contribution in [0.4, 0.5) is 8.78 Å². The molecule has 0 saturated carbocycles. The molecule has 0 fully saturated rings. The summed E-state index contributed by atoms with van der Waals surface area (Å²) in [5.41, 5.74) is 0.888. The van der Waals surface area contributed by atoms with Crippen molar-refractivity contribution in [2.75, 3.05) is 6.54 Å². The Balaban J connectivity index is 2.32. The number of amides is 1. The lowest BCUT2D eigenvalue weighted by molar-refractivity contribution is -0.120. The standard InChI is InChI=1S/C13H18F2N2O2/c1-9(2)17-12(18)8-16-7-10-3-5-11(6-4-10)19-13(14)15/h3-6,9,13,16H,7-8H2,1-2H3,(H,17,18). The minimum atomic E-state index is -2.82. The van der Waals surface area contributed by atoms with Crippen LogP contribution < -0.4 is 15.4 Å². The fourth-order valence-electron chi connectivity index (χ4n) is 1.48. The minimum Gasteiger partial charge on any atom is -0.435 e. The Bertz CT molecular complexity index is 394. The van der Waals surface area contributed by atoms with Crippen molar-refractivity contribution in [3.05, 3.63) is 29.8 Å². The molecule has 0 spiro atoms. The molecule has 19 heavy (non-hydrogen) atoms. The maximum Gasteiger partial charge on any atom is 0.387 e. The lowest BCUT2D eigenvalue weighted by atomic mass is 10.2. The highest BCUT2D eigenvalue weighted by Crippen LogP contribution is 2.14. The third kappa shape index (κ3) is 6.71. The molecule has 0 aliphatic carbocycles. The van der Waals surface area contributed by atoms with Crippen LogP contribution in [-0.4, -0.2) is 25.1 Å². The van der Waals surface area contributed by atoms with Gasteiger partial charge in [-0.3, -0.25) is 4.79 Å². The van der Waals surface area contributed by atoms with Crippen molar-refractivity contribution in [1.29, 1.82) is 0 Å². The second-order valence-electron chi connectivity index (χ2n) is 4.35. The molecule has 1 amide bonds. The molecule has 1 aromatic carbocycles. The summed E-state index contributed by atoms with van der Waals surface area (Å²) in [7, 11) is 0. The van der Waals surface area contributed by atoms with Crippen LogP contribution >= 0.6 is 0 Å². The van der Waals surface area contributed by atoms with Crippen molar-refractivity contribution in [3.63, 3.8) is 0 Å². The maximum atomic E-state index is 11.9. The van der Waals surface area contributed by atoms with Gasteiger partial charge in [-0.15, -0.1) is 0 Å². The molecule has 0 aliphatic rings. The molecule has 6 heteroatoms. The van der Waals surface area contributed by atoms with Crippen LogP contribution in [0.2, 0.25) is 0 Å². The monoisotopic (exact) mass is 272 g/mol. The maximum absolute atomic E-state index is 11.9. The highest BCUT2D eigenvalue weighted by molar-refractivity contribution is 5.78. The van der Waals surface area contributed by atoms with Crippen molar-refractivity contribution in [2.45, 2.75) is 33.0 Å². The summed E-state index contributed by atoms with van der Waals surface area (Å²) in [4.78, 5) is 11.3. The molecule has 1 rings (SSSR count). The average molecular weight is 272 g/mol. The van der Waals surface area contributed by atoms with Crippen LogP contribution in [0.1, 0.15) is 19.4 Å². The van der Waals surface area contributed by atoms with Crippen LogP contribution in [0.5, 0.6) is 5.75 Å². The van der Waals surface area contributed by atoms with E-state index in [2.05, 4.69) is 15.4 Å². The lowest BCUT2D eigenvalue weighted by Gasteiger charge is -2.09. The number of ether oxygens (including phenoxy) is 1. The highest BCUT2D eigenvalue weighted by atomic mass is 19.3. The average Bonchev–Trinajstić information content (AvgIpc) is 2.29. The molecule has 0 atom stereocenters. The van der Waals surface area contributed by atoms with E-state index < -0.39 is 6.61 Å². The smallest absolute Gasteiger partial charge is 0.387 e. The van der Waals surface area contributed by atoms with Gasteiger partial charge in [-0.25, -0.2) is 0 Å². The predicted molar refractivity (Wildman–Crippen MR) is 68.1 cm³/mol. The van der Waals surface area contributed by atoms with Crippen LogP contribution in [0.15, 0.2) is 24.3 Å². The molecule has 0 aromatic heterocycles. The molecule has 106 valence electrons. The number of rotatable bonds is 7. The molecule has 2 N–H and O–H groups in total. The SMILES string of the molecule is CC(C)NC(=O)CNCc1ccc(OC(F)F)cc1. The van der Waals surface area contributed by atoms with Gasteiger partial charge in [0.05, 0.1) is 6.54 Å². The van der Waals surface area contributed by atoms with E-state index in [1.54, 1.807) is 12.1 Å². The van der Waals surface area contributed by atoms with Crippen LogP contribution in [0, 0.1) is 0 Å². The van der Waals surface area contributed by atoms with E-state index in [1.807, 2.05) is 13.8 Å². The van der Waals surface area contributed by atoms with Crippen molar-refractivity contribution in [2.24, 2.45) is 0 Å². The highest BCUT2D eigenvalue weighted by Gasteiger charge is 2.04. The topological polar surface area (TPSA) is 50.4 Å². The largest absolute Gasteiger partial charge is 0.435 e. The molecule has 0 radical (unpaired) electrons. The summed E-state index contributed by atoms with van der Waals surface area (Å²) >= 11 is 0. The Labute approximate surface area is 111 Å². The van der Waals surface area contributed by atoms with Gasteiger partial charge in [0.1, 0.15) is 5.75 Å². The summed E-state index contributed by atoms with van der Waals surface area (Å²) in [5, 5.41) is 5.72. The van der Waals surface area contributed by atoms with Crippen molar-refractivity contribution >= 4 is 5.91 Å². The number of benzene rings is 1. The molecule has 4 nitrogen and oxygen atoms in total. The first-order valence-corrected chi connectivity index (χ1v) is 6.01. The number of hydrogen-bond acceptors (Lipinski definition) is 3. The first-order valence-electron chi connectivity index (χ1n) is 6.01. The summed E-state index contributed by atoms with van der Waals surface area (Å²) in [6.07, 6.45) is 0. The second-order valence-corrected chi connectivity index (χ2v) is 4.35. The van der Waals surface area contributed by atoms with Gasteiger partial charge < -0.3 is 15.4 Å². The molecule has 1 aromatic rings. The Morgan fingerprint density at radius 3 is 2.42 bits per heavy atom. The lowest BCUT2D eigenvalue weighted by Crippen LogP contribution is -2.37. The summed E-state index contributed by atoms with van der Waals surface area (Å²) in [6, 6.07) is 6.39. The normalized spacial score (nSPS) is 10.8. The van der Waals surface area contributed by atoms with Crippen LogP contribution in [0.3, 0.4) is 0 Å². The number of alkyl halides is 2. The van der Waals surface area contributed by atoms with E-state index in [-0.39, 0.29) is 24.2 Å². The summed E-state index contributed by atoms with van der Waals surface area (Å²) in [6.45, 7) is 1.66. The quantitative estimate of drug-likeness (QED) is 0.797. The van der Waals surface area contributed by atoms with E-state index in [0.29, 0.717) is 6.54 Å². The molecule has 0 aliphatic heterocycles.